The van der Waals surface area contributed by atoms with Crippen molar-refractivity contribution >= 4 is 28.6 Å². The van der Waals surface area contributed by atoms with Crippen LogP contribution in [0.5, 0.6) is 0 Å². The molecule has 0 saturated heterocycles. The number of pyridine rings is 2. The lowest BCUT2D eigenvalue weighted by Gasteiger charge is -2.10. The zero-order valence-corrected chi connectivity index (χ0v) is 9.25. The Labute approximate surface area is 103 Å². The van der Waals surface area contributed by atoms with E-state index in [0.29, 0.717) is 0 Å². The Kier molecular flexibility index (Phi) is 2.86. The van der Waals surface area contributed by atoms with Gasteiger partial charge in [-0.05, 0) is 12.1 Å². The number of nitrogens with zero attached hydrogens (tertiary/aromatic N) is 2. The molecular weight excluding hydrogens is 273 g/mol. The van der Waals surface area contributed by atoms with Crippen LogP contribution in [-0.2, 0) is 6.18 Å². The number of fused-ring (bicyclic) bond motifs is 1. The van der Waals surface area contributed by atoms with Gasteiger partial charge in [-0.2, -0.15) is 13.2 Å². The van der Waals surface area contributed by atoms with Crippen molar-refractivity contribution in [3.63, 3.8) is 0 Å². The molecule has 0 radical (unpaired) electrons. The van der Waals surface area contributed by atoms with E-state index in [4.69, 9.17) is 16.7 Å². The van der Waals surface area contributed by atoms with Gasteiger partial charge in [0.25, 0.3) is 0 Å². The Morgan fingerprint density at radius 3 is 2.50 bits per heavy atom. The molecule has 0 saturated carbocycles. The highest BCUT2D eigenvalue weighted by molar-refractivity contribution is 6.31. The summed E-state index contributed by atoms with van der Waals surface area (Å²) in [7, 11) is 0. The minimum atomic E-state index is -4.86. The summed E-state index contributed by atoms with van der Waals surface area (Å²) in [4.78, 5) is 17.8. The van der Waals surface area contributed by atoms with Crippen molar-refractivity contribution in [3.05, 3.63) is 34.6 Å². The first-order valence-electron chi connectivity index (χ1n) is 4.56. The first kappa shape index (κ1) is 12.6. The summed E-state index contributed by atoms with van der Waals surface area (Å²) in [5.41, 5.74) is -2.49. The van der Waals surface area contributed by atoms with Gasteiger partial charge < -0.3 is 5.11 Å². The number of carboxylic acid groups (broad SMARTS) is 1. The van der Waals surface area contributed by atoms with Crippen molar-refractivity contribution in [2.24, 2.45) is 0 Å². The fourth-order valence-electron chi connectivity index (χ4n) is 1.40. The van der Waals surface area contributed by atoms with Gasteiger partial charge in [0.2, 0.25) is 0 Å². The molecule has 2 aromatic heterocycles. The van der Waals surface area contributed by atoms with Crippen LogP contribution in [0.4, 0.5) is 13.2 Å². The van der Waals surface area contributed by atoms with E-state index in [1.54, 1.807) is 0 Å². The van der Waals surface area contributed by atoms with Crippen LogP contribution in [0.1, 0.15) is 16.1 Å². The van der Waals surface area contributed by atoms with Gasteiger partial charge in [-0.1, -0.05) is 11.6 Å². The van der Waals surface area contributed by atoms with Crippen molar-refractivity contribution < 1.29 is 23.1 Å². The van der Waals surface area contributed by atoms with Gasteiger partial charge >= 0.3 is 12.1 Å². The molecule has 0 aliphatic carbocycles. The topological polar surface area (TPSA) is 63.1 Å². The number of halogens is 4. The summed E-state index contributed by atoms with van der Waals surface area (Å²) in [5, 5.41) is 8.87. The zero-order chi connectivity index (χ0) is 13.5. The molecular formula is C10H4ClF3N2O2. The third-order valence-corrected chi connectivity index (χ3v) is 2.34. The van der Waals surface area contributed by atoms with E-state index in [2.05, 4.69) is 9.97 Å². The van der Waals surface area contributed by atoms with E-state index >= 15 is 0 Å². The molecule has 18 heavy (non-hydrogen) atoms. The number of carboxylic acids is 1. The minimum absolute atomic E-state index is 0.0322. The maximum absolute atomic E-state index is 12.7. The lowest BCUT2D eigenvalue weighted by Crippen LogP contribution is -2.15. The fraction of sp³-hybridized carbons (Fsp3) is 0.100. The lowest BCUT2D eigenvalue weighted by atomic mass is 10.1. The summed E-state index contributed by atoms with van der Waals surface area (Å²) in [5.74, 6) is -1.71. The quantitative estimate of drug-likeness (QED) is 0.870. The molecule has 0 bridgehead atoms. The number of aromatic nitrogens is 2. The molecule has 94 valence electrons. The van der Waals surface area contributed by atoms with Crippen LogP contribution in [0.2, 0.25) is 5.02 Å². The van der Waals surface area contributed by atoms with E-state index in [1.165, 1.54) is 12.3 Å². The molecule has 4 nitrogen and oxygen atoms in total. The standard InChI is InChI=1S/C10H4ClF3N2O2/c11-4-1-7-6(15-3-4)2-5(9(17)18)8(16-7)10(12,13)14/h1-3H,(H,17,18). The molecule has 2 heterocycles. The summed E-state index contributed by atoms with van der Waals surface area (Å²) in [6.07, 6.45) is -3.66. The van der Waals surface area contributed by atoms with Crippen molar-refractivity contribution in [2.45, 2.75) is 6.18 Å². The van der Waals surface area contributed by atoms with Crippen molar-refractivity contribution in [1.82, 2.24) is 9.97 Å². The van der Waals surface area contributed by atoms with Crippen molar-refractivity contribution in [2.75, 3.05) is 0 Å². The molecule has 0 unspecified atom stereocenters. The predicted octanol–water partition coefficient (Wildman–Crippen LogP) is 3.00. The van der Waals surface area contributed by atoms with E-state index in [1.807, 2.05) is 0 Å². The minimum Gasteiger partial charge on any atom is -0.478 e. The molecule has 1 N–H and O–H groups in total. The maximum atomic E-state index is 12.7. The Hall–Kier alpha value is -1.89. The molecule has 8 heteroatoms. The van der Waals surface area contributed by atoms with Crippen LogP contribution in [0, 0.1) is 0 Å². The van der Waals surface area contributed by atoms with Gasteiger partial charge in [0, 0.05) is 6.20 Å². The van der Waals surface area contributed by atoms with Crippen LogP contribution in [-0.4, -0.2) is 21.0 Å². The number of aromatic carboxylic acids is 1. The van der Waals surface area contributed by atoms with E-state index in [0.717, 1.165) is 6.07 Å². The van der Waals surface area contributed by atoms with Gasteiger partial charge in [0.1, 0.15) is 0 Å². The van der Waals surface area contributed by atoms with E-state index < -0.39 is 23.4 Å². The third-order valence-electron chi connectivity index (χ3n) is 2.13. The summed E-state index contributed by atoms with van der Waals surface area (Å²) in [6.45, 7) is 0. The van der Waals surface area contributed by atoms with Crippen LogP contribution in [0.25, 0.3) is 11.0 Å². The highest BCUT2D eigenvalue weighted by Gasteiger charge is 2.37. The molecule has 0 atom stereocenters. The summed E-state index contributed by atoms with van der Waals surface area (Å²) < 4.78 is 38.0. The zero-order valence-electron chi connectivity index (χ0n) is 8.49. The first-order chi connectivity index (χ1) is 8.29. The SMILES string of the molecule is O=C(O)c1cc2ncc(Cl)cc2nc1C(F)(F)F. The number of hydrogen-bond donors (Lipinski definition) is 1. The van der Waals surface area contributed by atoms with Crippen molar-refractivity contribution in [1.29, 1.82) is 0 Å². The van der Waals surface area contributed by atoms with Crippen LogP contribution < -0.4 is 0 Å². The van der Waals surface area contributed by atoms with Crippen LogP contribution in [0.3, 0.4) is 0 Å². The largest absolute Gasteiger partial charge is 0.478 e. The predicted molar refractivity (Wildman–Crippen MR) is 56.5 cm³/mol. The Morgan fingerprint density at radius 2 is 1.94 bits per heavy atom. The highest BCUT2D eigenvalue weighted by atomic mass is 35.5. The average Bonchev–Trinajstić information content (AvgIpc) is 2.25. The Morgan fingerprint density at radius 1 is 1.28 bits per heavy atom. The monoisotopic (exact) mass is 276 g/mol. The van der Waals surface area contributed by atoms with Crippen LogP contribution in [0.15, 0.2) is 18.3 Å². The second-order valence-electron chi connectivity index (χ2n) is 3.38. The number of carbonyl (C=O) groups is 1. The number of hydrogen-bond acceptors (Lipinski definition) is 3. The van der Waals surface area contributed by atoms with Gasteiger partial charge in [0.05, 0.1) is 21.6 Å². The number of alkyl halides is 3. The van der Waals surface area contributed by atoms with E-state index in [9.17, 15) is 18.0 Å². The molecule has 2 rings (SSSR count). The van der Waals surface area contributed by atoms with Gasteiger partial charge in [-0.3, -0.25) is 4.98 Å². The molecule has 0 aliphatic heterocycles. The lowest BCUT2D eigenvalue weighted by molar-refractivity contribution is -0.141. The molecule has 0 amide bonds. The van der Waals surface area contributed by atoms with E-state index in [-0.39, 0.29) is 16.1 Å². The number of rotatable bonds is 1. The summed E-state index contributed by atoms with van der Waals surface area (Å²) in [6, 6.07) is 2.01. The third kappa shape index (κ3) is 2.21. The van der Waals surface area contributed by atoms with Gasteiger partial charge in [-0.15, -0.1) is 0 Å². The average molecular weight is 277 g/mol. The molecule has 2 aromatic rings. The van der Waals surface area contributed by atoms with Crippen LogP contribution >= 0.6 is 11.6 Å². The first-order valence-corrected chi connectivity index (χ1v) is 4.93. The molecule has 0 aliphatic rings. The fourth-order valence-corrected chi connectivity index (χ4v) is 1.56. The Balaban J connectivity index is 2.81. The second kappa shape index (κ2) is 4.09. The Bertz CT molecular complexity index is 643. The molecule has 0 aromatic carbocycles. The maximum Gasteiger partial charge on any atom is 0.434 e. The van der Waals surface area contributed by atoms with Gasteiger partial charge in [-0.25, -0.2) is 9.78 Å². The second-order valence-corrected chi connectivity index (χ2v) is 3.82. The normalized spacial score (nSPS) is 11.8. The summed E-state index contributed by atoms with van der Waals surface area (Å²) >= 11 is 5.59. The van der Waals surface area contributed by atoms with Gasteiger partial charge in [0.15, 0.2) is 5.69 Å². The highest BCUT2D eigenvalue weighted by Crippen LogP contribution is 2.32. The van der Waals surface area contributed by atoms with Crippen molar-refractivity contribution in [3.8, 4) is 0 Å². The molecule has 0 spiro atoms. The molecule has 0 fully saturated rings. The smallest absolute Gasteiger partial charge is 0.434 e.